The van der Waals surface area contributed by atoms with Gasteiger partial charge in [-0.1, -0.05) is 35.9 Å². The van der Waals surface area contributed by atoms with Crippen LogP contribution in [0, 0.1) is 6.92 Å². The number of aryl methyl sites for hydroxylation is 1. The van der Waals surface area contributed by atoms with Gasteiger partial charge >= 0.3 is 11.9 Å². The van der Waals surface area contributed by atoms with E-state index in [9.17, 15) is 9.59 Å². The van der Waals surface area contributed by atoms with Crippen molar-refractivity contribution < 1.29 is 19.1 Å². The number of benzene rings is 1. The largest absolute Gasteiger partial charge is 0.466 e. The van der Waals surface area contributed by atoms with E-state index in [2.05, 4.69) is 4.74 Å². The summed E-state index contributed by atoms with van der Waals surface area (Å²) in [4.78, 5) is 22.7. The molecule has 0 atom stereocenters. The predicted molar refractivity (Wildman–Crippen MR) is 72.3 cm³/mol. The van der Waals surface area contributed by atoms with Crippen LogP contribution in [0.25, 0.3) is 5.57 Å². The van der Waals surface area contributed by atoms with E-state index in [1.807, 2.05) is 31.2 Å². The Morgan fingerprint density at radius 1 is 1.05 bits per heavy atom. The smallest absolute Gasteiger partial charge is 0.338 e. The summed E-state index contributed by atoms with van der Waals surface area (Å²) >= 11 is 0. The molecule has 0 amide bonds. The van der Waals surface area contributed by atoms with Gasteiger partial charge in [-0.25, -0.2) is 9.59 Å². The maximum Gasteiger partial charge on any atom is 0.338 e. The summed E-state index contributed by atoms with van der Waals surface area (Å²) in [5, 5.41) is 0. The number of esters is 2. The Balaban J connectivity index is 3.05. The van der Waals surface area contributed by atoms with Crippen LogP contribution >= 0.6 is 0 Å². The first-order valence-corrected chi connectivity index (χ1v) is 5.70. The average Bonchev–Trinajstić information content (AvgIpc) is 2.43. The molecule has 0 aliphatic heterocycles. The highest BCUT2D eigenvalue weighted by Crippen LogP contribution is 2.16. The number of carbonyl (C=O) groups is 2. The maximum absolute atomic E-state index is 11.7. The summed E-state index contributed by atoms with van der Waals surface area (Å²) in [5.41, 5.74) is 2.20. The summed E-state index contributed by atoms with van der Waals surface area (Å²) in [6.07, 6.45) is 4.21. The van der Waals surface area contributed by atoms with E-state index in [0.717, 1.165) is 11.1 Å². The summed E-state index contributed by atoms with van der Waals surface area (Å²) in [7, 11) is 2.60. The number of carbonyl (C=O) groups excluding carboxylic acids is 2. The molecule has 0 aliphatic rings. The number of hydrogen-bond acceptors (Lipinski definition) is 4. The molecule has 1 aromatic carbocycles. The molecule has 1 rings (SSSR count). The minimum atomic E-state index is -0.482. The normalized spacial score (nSPS) is 11.4. The predicted octanol–water partition coefficient (Wildman–Crippen LogP) is 2.28. The first-order valence-electron chi connectivity index (χ1n) is 5.70. The van der Waals surface area contributed by atoms with Crippen LogP contribution < -0.4 is 0 Å². The lowest BCUT2D eigenvalue weighted by Crippen LogP contribution is -2.03. The van der Waals surface area contributed by atoms with E-state index in [0.29, 0.717) is 5.57 Å². The Kier molecular flexibility index (Phi) is 5.54. The number of rotatable bonds is 4. The van der Waals surface area contributed by atoms with Crippen LogP contribution in [0.4, 0.5) is 0 Å². The van der Waals surface area contributed by atoms with Crippen molar-refractivity contribution >= 4 is 17.5 Å². The molecule has 0 spiro atoms. The Morgan fingerprint density at radius 3 is 2.21 bits per heavy atom. The van der Waals surface area contributed by atoms with Crippen LogP contribution in [0.3, 0.4) is 0 Å². The highest BCUT2D eigenvalue weighted by Gasteiger charge is 2.10. The van der Waals surface area contributed by atoms with Crippen LogP contribution in [0.2, 0.25) is 0 Å². The lowest BCUT2D eigenvalue weighted by molar-refractivity contribution is -0.135. The van der Waals surface area contributed by atoms with Crippen molar-refractivity contribution in [2.75, 3.05) is 14.2 Å². The summed E-state index contributed by atoms with van der Waals surface area (Å²) in [5.74, 6) is -0.942. The third-order valence-corrected chi connectivity index (χ3v) is 2.46. The fourth-order valence-corrected chi connectivity index (χ4v) is 1.42. The Hall–Kier alpha value is -2.36. The zero-order chi connectivity index (χ0) is 14.3. The van der Waals surface area contributed by atoms with E-state index in [-0.39, 0.29) is 0 Å². The molecular formula is C15H16O4. The van der Waals surface area contributed by atoms with Crippen molar-refractivity contribution in [2.45, 2.75) is 6.92 Å². The number of ether oxygens (including phenoxy) is 2. The molecule has 0 heterocycles. The standard InChI is InChI=1S/C15H16O4/c1-11-7-9-12(10-8-11)13(15(17)19-3)5-4-6-14(16)18-2/h4-10H,1-3H3. The second-order valence-corrected chi connectivity index (χ2v) is 3.82. The quantitative estimate of drug-likeness (QED) is 0.473. The summed E-state index contributed by atoms with van der Waals surface area (Å²) < 4.78 is 9.19. The SMILES string of the molecule is COC(=O)C=CC=C(C(=O)OC)c1ccc(C)cc1. The molecule has 0 fully saturated rings. The minimum absolute atomic E-state index is 0.377. The maximum atomic E-state index is 11.7. The van der Waals surface area contributed by atoms with E-state index in [4.69, 9.17) is 4.74 Å². The van der Waals surface area contributed by atoms with Crippen molar-refractivity contribution in [3.8, 4) is 0 Å². The van der Waals surface area contributed by atoms with Crippen molar-refractivity contribution in [1.82, 2.24) is 0 Å². The van der Waals surface area contributed by atoms with Crippen LogP contribution in [0.15, 0.2) is 42.5 Å². The molecule has 0 radical (unpaired) electrons. The average molecular weight is 260 g/mol. The lowest BCUT2D eigenvalue weighted by atomic mass is 10.0. The van der Waals surface area contributed by atoms with Gasteiger partial charge in [0.2, 0.25) is 0 Å². The van der Waals surface area contributed by atoms with Crippen LogP contribution in [0.1, 0.15) is 11.1 Å². The van der Waals surface area contributed by atoms with E-state index in [1.54, 1.807) is 0 Å². The molecule has 4 nitrogen and oxygen atoms in total. The molecule has 0 aromatic heterocycles. The van der Waals surface area contributed by atoms with Gasteiger partial charge < -0.3 is 9.47 Å². The monoisotopic (exact) mass is 260 g/mol. The third kappa shape index (κ3) is 4.43. The van der Waals surface area contributed by atoms with Crippen LogP contribution in [-0.2, 0) is 19.1 Å². The molecule has 0 saturated heterocycles. The fourth-order valence-electron chi connectivity index (χ4n) is 1.42. The topological polar surface area (TPSA) is 52.6 Å². The van der Waals surface area contributed by atoms with Gasteiger partial charge in [0, 0.05) is 6.08 Å². The van der Waals surface area contributed by atoms with Gasteiger partial charge in [0.15, 0.2) is 0 Å². The Morgan fingerprint density at radius 2 is 1.68 bits per heavy atom. The van der Waals surface area contributed by atoms with Crippen molar-refractivity contribution in [3.05, 3.63) is 53.6 Å². The third-order valence-electron chi connectivity index (χ3n) is 2.46. The van der Waals surface area contributed by atoms with Crippen LogP contribution in [-0.4, -0.2) is 26.2 Å². The fraction of sp³-hybridized carbons (Fsp3) is 0.200. The van der Waals surface area contributed by atoms with Gasteiger partial charge in [-0.2, -0.15) is 0 Å². The van der Waals surface area contributed by atoms with E-state index >= 15 is 0 Å². The number of allylic oxidation sites excluding steroid dienone is 2. The van der Waals surface area contributed by atoms with E-state index in [1.165, 1.54) is 32.4 Å². The number of methoxy groups -OCH3 is 2. The molecule has 0 saturated carbocycles. The molecule has 0 bridgehead atoms. The molecule has 100 valence electrons. The summed E-state index contributed by atoms with van der Waals surface area (Å²) in [6, 6.07) is 7.44. The Labute approximate surface area is 112 Å². The lowest BCUT2D eigenvalue weighted by Gasteiger charge is -2.05. The van der Waals surface area contributed by atoms with Gasteiger partial charge in [-0.15, -0.1) is 0 Å². The van der Waals surface area contributed by atoms with Gasteiger partial charge in [0.05, 0.1) is 19.8 Å². The first-order chi connectivity index (χ1) is 9.08. The Bertz CT molecular complexity index is 509. The van der Waals surface area contributed by atoms with Crippen molar-refractivity contribution in [2.24, 2.45) is 0 Å². The van der Waals surface area contributed by atoms with Crippen molar-refractivity contribution in [1.29, 1.82) is 0 Å². The van der Waals surface area contributed by atoms with E-state index < -0.39 is 11.9 Å². The van der Waals surface area contributed by atoms with Crippen LogP contribution in [0.5, 0.6) is 0 Å². The number of hydrogen-bond donors (Lipinski definition) is 0. The second-order valence-electron chi connectivity index (χ2n) is 3.82. The molecule has 0 N–H and O–H groups in total. The highest BCUT2D eigenvalue weighted by atomic mass is 16.5. The molecular weight excluding hydrogens is 244 g/mol. The summed E-state index contributed by atoms with van der Waals surface area (Å²) in [6.45, 7) is 1.96. The molecule has 0 unspecified atom stereocenters. The van der Waals surface area contributed by atoms with Crippen molar-refractivity contribution in [3.63, 3.8) is 0 Å². The zero-order valence-electron chi connectivity index (χ0n) is 11.2. The molecule has 0 aliphatic carbocycles. The molecule has 1 aromatic rings. The van der Waals surface area contributed by atoms with Gasteiger partial charge in [-0.3, -0.25) is 0 Å². The minimum Gasteiger partial charge on any atom is -0.466 e. The first kappa shape index (κ1) is 14.7. The van der Waals surface area contributed by atoms with Gasteiger partial charge in [-0.05, 0) is 18.6 Å². The highest BCUT2D eigenvalue weighted by molar-refractivity contribution is 6.16. The zero-order valence-corrected chi connectivity index (χ0v) is 11.2. The van der Waals surface area contributed by atoms with Gasteiger partial charge in [0.1, 0.15) is 0 Å². The second kappa shape index (κ2) is 7.16. The molecule has 19 heavy (non-hydrogen) atoms. The molecule has 4 heteroatoms. The van der Waals surface area contributed by atoms with Gasteiger partial charge in [0.25, 0.3) is 0 Å².